The zero-order chi connectivity index (χ0) is 10.6. The molecule has 0 unspecified atom stereocenters. The number of nitrogens with two attached hydrogens (primary N) is 1. The van der Waals surface area contributed by atoms with Crippen LogP contribution in [0.25, 0.3) is 0 Å². The van der Waals surface area contributed by atoms with Crippen molar-refractivity contribution in [2.75, 3.05) is 5.32 Å². The first-order valence-corrected chi connectivity index (χ1v) is 4.39. The third-order valence-corrected chi connectivity index (χ3v) is 1.84. The van der Waals surface area contributed by atoms with Gasteiger partial charge in [0.15, 0.2) is 0 Å². The van der Waals surface area contributed by atoms with Crippen molar-refractivity contribution in [2.24, 2.45) is 5.73 Å². The molecule has 0 aliphatic rings. The molecule has 3 nitrogen and oxygen atoms in total. The zero-order valence-electron chi connectivity index (χ0n) is 8.21. The van der Waals surface area contributed by atoms with Crippen LogP contribution in [0.3, 0.4) is 0 Å². The fourth-order valence-corrected chi connectivity index (χ4v) is 0.962. The average molecular weight is 190 g/mol. The Kier molecular flexibility index (Phi) is 3.42. The van der Waals surface area contributed by atoms with Crippen molar-refractivity contribution in [1.82, 2.24) is 0 Å². The predicted octanol–water partition coefficient (Wildman–Crippen LogP) is 1.66. The van der Waals surface area contributed by atoms with Crippen LogP contribution in [0.1, 0.15) is 12.5 Å². The maximum Gasteiger partial charge on any atom is 0.250 e. The van der Waals surface area contributed by atoms with Gasteiger partial charge >= 0.3 is 0 Å². The lowest BCUT2D eigenvalue weighted by atomic mass is 10.2. The summed E-state index contributed by atoms with van der Waals surface area (Å²) in [7, 11) is 0. The first kappa shape index (κ1) is 10.5. The Balaban J connectivity index is 2.69. The van der Waals surface area contributed by atoms with E-state index in [-0.39, 0.29) is 5.91 Å². The van der Waals surface area contributed by atoms with Crippen LogP contribution in [0, 0.1) is 0 Å². The van der Waals surface area contributed by atoms with Crippen molar-refractivity contribution in [3.63, 3.8) is 0 Å². The highest BCUT2D eigenvalue weighted by atomic mass is 16.1. The molecule has 0 aromatic heterocycles. The summed E-state index contributed by atoms with van der Waals surface area (Å²) in [5.41, 5.74) is 7.74. The van der Waals surface area contributed by atoms with Crippen LogP contribution in [0.5, 0.6) is 0 Å². The lowest BCUT2D eigenvalue weighted by molar-refractivity contribution is -0.112. The molecule has 0 radical (unpaired) electrons. The number of nitrogens with one attached hydrogen (secondary N) is 1. The number of amides is 1. The SMILES string of the molecule is C=C(C)C(=O)Nc1ccc(CN)cc1. The summed E-state index contributed by atoms with van der Waals surface area (Å²) >= 11 is 0. The minimum atomic E-state index is -0.162. The van der Waals surface area contributed by atoms with Crippen molar-refractivity contribution in [1.29, 1.82) is 0 Å². The molecule has 0 fully saturated rings. The molecule has 0 saturated heterocycles. The van der Waals surface area contributed by atoms with Crippen LogP contribution in [0.2, 0.25) is 0 Å². The summed E-state index contributed by atoms with van der Waals surface area (Å²) in [4.78, 5) is 11.2. The van der Waals surface area contributed by atoms with Crippen molar-refractivity contribution in [2.45, 2.75) is 13.5 Å². The second-order valence-corrected chi connectivity index (χ2v) is 3.14. The lowest BCUT2D eigenvalue weighted by Gasteiger charge is -2.04. The van der Waals surface area contributed by atoms with Gasteiger partial charge in [-0.15, -0.1) is 0 Å². The number of carbonyl (C=O) groups is 1. The Labute approximate surface area is 83.6 Å². The van der Waals surface area contributed by atoms with Crippen LogP contribution in [0.4, 0.5) is 5.69 Å². The summed E-state index contributed by atoms with van der Waals surface area (Å²) < 4.78 is 0. The van der Waals surface area contributed by atoms with Crippen LogP contribution in [0.15, 0.2) is 36.4 Å². The molecule has 74 valence electrons. The molecule has 1 rings (SSSR count). The van der Waals surface area contributed by atoms with Gasteiger partial charge in [-0.1, -0.05) is 18.7 Å². The summed E-state index contributed by atoms with van der Waals surface area (Å²) in [5, 5.41) is 2.71. The number of rotatable bonds is 3. The number of hydrogen-bond acceptors (Lipinski definition) is 2. The molecular formula is C11H14N2O. The van der Waals surface area contributed by atoms with Gasteiger partial charge in [-0.05, 0) is 24.6 Å². The van der Waals surface area contributed by atoms with E-state index in [1.165, 1.54) is 0 Å². The van der Waals surface area contributed by atoms with Gasteiger partial charge in [0, 0.05) is 17.8 Å². The maximum atomic E-state index is 11.2. The zero-order valence-corrected chi connectivity index (χ0v) is 8.21. The lowest BCUT2D eigenvalue weighted by Crippen LogP contribution is -2.11. The number of benzene rings is 1. The highest BCUT2D eigenvalue weighted by molar-refractivity contribution is 6.02. The average Bonchev–Trinajstić information content (AvgIpc) is 2.19. The van der Waals surface area contributed by atoms with Gasteiger partial charge in [0.2, 0.25) is 0 Å². The summed E-state index contributed by atoms with van der Waals surface area (Å²) in [5.74, 6) is -0.162. The number of hydrogen-bond donors (Lipinski definition) is 2. The van der Waals surface area contributed by atoms with Crippen LogP contribution < -0.4 is 11.1 Å². The Morgan fingerprint density at radius 1 is 1.43 bits per heavy atom. The number of anilines is 1. The third kappa shape index (κ3) is 2.71. The van der Waals surface area contributed by atoms with Crippen molar-refractivity contribution < 1.29 is 4.79 Å². The summed E-state index contributed by atoms with van der Waals surface area (Å²) in [6, 6.07) is 7.41. The third-order valence-electron chi connectivity index (χ3n) is 1.84. The molecule has 0 bridgehead atoms. The van der Waals surface area contributed by atoms with Gasteiger partial charge in [0.05, 0.1) is 0 Å². The Bertz CT molecular complexity index is 341. The second-order valence-electron chi connectivity index (χ2n) is 3.14. The monoisotopic (exact) mass is 190 g/mol. The van der Waals surface area contributed by atoms with Gasteiger partial charge in [0.25, 0.3) is 5.91 Å². The standard InChI is InChI=1S/C11H14N2O/c1-8(2)11(14)13-10-5-3-9(7-12)4-6-10/h3-6H,1,7,12H2,2H3,(H,13,14). The highest BCUT2D eigenvalue weighted by Gasteiger charge is 2.01. The van der Waals surface area contributed by atoms with Crippen molar-refractivity contribution in [3.05, 3.63) is 42.0 Å². The first-order valence-electron chi connectivity index (χ1n) is 4.39. The Hall–Kier alpha value is -1.61. The van der Waals surface area contributed by atoms with E-state index >= 15 is 0 Å². The minimum absolute atomic E-state index is 0.162. The molecule has 0 heterocycles. The maximum absolute atomic E-state index is 11.2. The first-order chi connectivity index (χ1) is 6.63. The van der Waals surface area contributed by atoms with Crippen LogP contribution in [-0.4, -0.2) is 5.91 Å². The van der Waals surface area contributed by atoms with Crippen molar-refractivity contribution in [3.8, 4) is 0 Å². The fraction of sp³-hybridized carbons (Fsp3) is 0.182. The van der Waals surface area contributed by atoms with E-state index in [4.69, 9.17) is 5.73 Å². The molecule has 1 aromatic carbocycles. The van der Waals surface area contributed by atoms with E-state index < -0.39 is 0 Å². The molecule has 3 N–H and O–H groups in total. The molecular weight excluding hydrogens is 176 g/mol. The Morgan fingerprint density at radius 3 is 2.43 bits per heavy atom. The van der Waals surface area contributed by atoms with E-state index in [0.717, 1.165) is 11.3 Å². The Morgan fingerprint density at radius 2 is 2.00 bits per heavy atom. The molecule has 1 aromatic rings. The quantitative estimate of drug-likeness (QED) is 0.712. The van der Waals surface area contributed by atoms with E-state index in [1.807, 2.05) is 24.3 Å². The number of carbonyl (C=O) groups excluding carboxylic acids is 1. The van der Waals surface area contributed by atoms with E-state index in [0.29, 0.717) is 12.1 Å². The van der Waals surface area contributed by atoms with E-state index in [2.05, 4.69) is 11.9 Å². The molecule has 0 aliphatic heterocycles. The van der Waals surface area contributed by atoms with E-state index in [9.17, 15) is 4.79 Å². The van der Waals surface area contributed by atoms with Crippen molar-refractivity contribution >= 4 is 11.6 Å². The van der Waals surface area contributed by atoms with Gasteiger partial charge in [0.1, 0.15) is 0 Å². The summed E-state index contributed by atoms with van der Waals surface area (Å²) in [6.45, 7) is 5.73. The van der Waals surface area contributed by atoms with Gasteiger partial charge in [-0.3, -0.25) is 4.79 Å². The molecule has 0 spiro atoms. The van der Waals surface area contributed by atoms with Crippen LogP contribution in [-0.2, 0) is 11.3 Å². The fourth-order valence-electron chi connectivity index (χ4n) is 0.962. The molecule has 0 atom stereocenters. The largest absolute Gasteiger partial charge is 0.326 e. The molecule has 1 amide bonds. The molecule has 0 aliphatic carbocycles. The normalized spacial score (nSPS) is 9.57. The van der Waals surface area contributed by atoms with Gasteiger partial charge in [-0.25, -0.2) is 0 Å². The predicted molar refractivity (Wildman–Crippen MR) is 57.8 cm³/mol. The molecule has 3 heteroatoms. The van der Waals surface area contributed by atoms with Gasteiger partial charge < -0.3 is 11.1 Å². The van der Waals surface area contributed by atoms with Crippen LogP contribution >= 0.6 is 0 Å². The molecule has 14 heavy (non-hydrogen) atoms. The topological polar surface area (TPSA) is 55.1 Å². The van der Waals surface area contributed by atoms with Gasteiger partial charge in [-0.2, -0.15) is 0 Å². The summed E-state index contributed by atoms with van der Waals surface area (Å²) in [6.07, 6.45) is 0. The van der Waals surface area contributed by atoms with E-state index in [1.54, 1.807) is 6.92 Å². The minimum Gasteiger partial charge on any atom is -0.326 e. The molecule has 0 saturated carbocycles. The highest BCUT2D eigenvalue weighted by Crippen LogP contribution is 2.09. The second kappa shape index (κ2) is 4.58. The smallest absolute Gasteiger partial charge is 0.250 e.